The molecule has 0 fully saturated rings. The Labute approximate surface area is 225 Å². The van der Waals surface area contributed by atoms with E-state index in [2.05, 4.69) is 5.32 Å². The summed E-state index contributed by atoms with van der Waals surface area (Å²) in [7, 11) is 0. The van der Waals surface area contributed by atoms with Gasteiger partial charge in [0.1, 0.15) is 6.10 Å². The highest BCUT2D eigenvalue weighted by molar-refractivity contribution is 14.1. The van der Waals surface area contributed by atoms with Crippen molar-refractivity contribution >= 4 is 85.3 Å². The van der Waals surface area contributed by atoms with Crippen molar-refractivity contribution in [3.05, 3.63) is 21.8 Å². The van der Waals surface area contributed by atoms with E-state index in [4.69, 9.17) is 15.3 Å². The topological polar surface area (TPSA) is 191 Å². The molecule has 0 aliphatic carbocycles. The van der Waals surface area contributed by atoms with Gasteiger partial charge in [-0.2, -0.15) is 0 Å². The Balaban J connectivity index is 3.54. The molecule has 8 N–H and O–H groups in total. The second kappa shape index (κ2) is 14.5. The van der Waals surface area contributed by atoms with Crippen LogP contribution in [0.25, 0.3) is 0 Å². The number of carbonyl (C=O) groups is 2. The Bertz CT molecular complexity index is 801. The number of halogens is 3. The first-order valence-corrected chi connectivity index (χ1v) is 12.5. The highest BCUT2D eigenvalue weighted by Gasteiger charge is 2.30. The number of aliphatic hydroxyl groups excluding tert-OH is 7. The zero-order valence-electron chi connectivity index (χ0n) is 16.7. The third-order valence-corrected chi connectivity index (χ3v) is 7.76. The molecular formula is C18H25I3N2O9. The summed E-state index contributed by atoms with van der Waals surface area (Å²) in [4.78, 5) is 26.8. The lowest BCUT2D eigenvalue weighted by Crippen LogP contribution is -2.44. The van der Waals surface area contributed by atoms with Crippen molar-refractivity contribution in [2.45, 2.75) is 31.3 Å². The zero-order valence-corrected chi connectivity index (χ0v) is 23.2. The number of carbonyl (C=O) groups excluding carboxylic acids is 2. The summed E-state index contributed by atoms with van der Waals surface area (Å²) in [5.41, 5.74) is 0.580. The molecule has 0 spiro atoms. The Morgan fingerprint density at radius 1 is 0.875 bits per heavy atom. The van der Waals surface area contributed by atoms with Crippen LogP contribution in [0.4, 0.5) is 5.69 Å². The molecule has 14 heteroatoms. The number of anilines is 1. The molecule has 0 aliphatic rings. The monoisotopic (exact) mass is 794 g/mol. The smallest absolute Gasteiger partial charge is 0.256 e. The van der Waals surface area contributed by atoms with Crippen LogP contribution in [0.2, 0.25) is 0 Å². The minimum absolute atomic E-state index is 0.0675. The SMILES string of the molecule is O=C(Nc1c(I)c(CO)c(I)c(C(=O)N(CC(O)CO)CC(O)CO)c1I)C(O)CCO. The highest BCUT2D eigenvalue weighted by atomic mass is 127. The number of amides is 2. The molecule has 3 atom stereocenters. The summed E-state index contributed by atoms with van der Waals surface area (Å²) in [5, 5.41) is 69.2. The predicted octanol–water partition coefficient (Wildman–Crippen LogP) is -1.18. The van der Waals surface area contributed by atoms with Gasteiger partial charge in [0.05, 0.1) is 46.8 Å². The number of aliphatic hydroxyl groups is 7. The van der Waals surface area contributed by atoms with Crippen molar-refractivity contribution in [1.29, 1.82) is 0 Å². The zero-order chi connectivity index (χ0) is 24.6. The van der Waals surface area contributed by atoms with Crippen LogP contribution in [0.15, 0.2) is 0 Å². The third kappa shape index (κ3) is 7.80. The van der Waals surface area contributed by atoms with E-state index in [1.807, 2.05) is 67.8 Å². The molecule has 0 aliphatic heterocycles. The fraction of sp³-hybridized carbons (Fsp3) is 0.556. The molecule has 11 nitrogen and oxygen atoms in total. The van der Waals surface area contributed by atoms with Crippen LogP contribution in [0.3, 0.4) is 0 Å². The maximum absolute atomic E-state index is 13.4. The Morgan fingerprint density at radius 3 is 1.84 bits per heavy atom. The van der Waals surface area contributed by atoms with E-state index >= 15 is 0 Å². The van der Waals surface area contributed by atoms with Gasteiger partial charge in [-0.3, -0.25) is 9.59 Å². The molecular weight excluding hydrogens is 769 g/mol. The van der Waals surface area contributed by atoms with Crippen LogP contribution in [0, 0.1) is 10.7 Å². The fourth-order valence-corrected chi connectivity index (χ4v) is 6.87. The minimum atomic E-state index is -1.49. The molecule has 1 rings (SSSR count). The van der Waals surface area contributed by atoms with Gasteiger partial charge in [0.2, 0.25) is 0 Å². The van der Waals surface area contributed by atoms with E-state index in [-0.39, 0.29) is 34.3 Å². The Morgan fingerprint density at radius 2 is 1.41 bits per heavy atom. The van der Waals surface area contributed by atoms with Crippen molar-refractivity contribution in [2.24, 2.45) is 0 Å². The van der Waals surface area contributed by atoms with Gasteiger partial charge in [-0.15, -0.1) is 0 Å². The average Bonchev–Trinajstić information content (AvgIpc) is 2.76. The molecule has 0 aromatic heterocycles. The third-order valence-electron chi connectivity index (χ3n) is 4.30. The van der Waals surface area contributed by atoms with Crippen molar-refractivity contribution in [1.82, 2.24) is 4.90 Å². The van der Waals surface area contributed by atoms with E-state index in [1.54, 1.807) is 0 Å². The van der Waals surface area contributed by atoms with Gasteiger partial charge in [-0.25, -0.2) is 0 Å². The summed E-state index contributed by atoms with van der Waals surface area (Å²) in [6.45, 7) is -2.81. The number of nitrogens with zero attached hydrogens (tertiary/aromatic N) is 1. The number of hydrogen-bond donors (Lipinski definition) is 8. The second-order valence-corrected chi connectivity index (χ2v) is 9.97. The van der Waals surface area contributed by atoms with Crippen molar-refractivity contribution < 1.29 is 45.3 Å². The molecule has 0 bridgehead atoms. The maximum Gasteiger partial charge on any atom is 0.256 e. The molecule has 0 radical (unpaired) electrons. The van der Waals surface area contributed by atoms with E-state index in [0.29, 0.717) is 12.7 Å². The van der Waals surface area contributed by atoms with E-state index in [1.165, 1.54) is 0 Å². The summed E-state index contributed by atoms with van der Waals surface area (Å²) < 4.78 is 1.10. The average molecular weight is 794 g/mol. The molecule has 3 unspecified atom stereocenters. The quantitative estimate of drug-likeness (QED) is 0.121. The van der Waals surface area contributed by atoms with Crippen molar-refractivity contribution in [3.8, 4) is 0 Å². The van der Waals surface area contributed by atoms with Crippen LogP contribution >= 0.6 is 67.8 Å². The largest absolute Gasteiger partial charge is 0.396 e. The van der Waals surface area contributed by atoms with Crippen LogP contribution in [-0.2, 0) is 11.4 Å². The van der Waals surface area contributed by atoms with Gasteiger partial charge in [-0.1, -0.05) is 0 Å². The van der Waals surface area contributed by atoms with E-state index in [9.17, 15) is 30.0 Å². The van der Waals surface area contributed by atoms with Crippen LogP contribution in [0.1, 0.15) is 22.3 Å². The molecule has 182 valence electrons. The van der Waals surface area contributed by atoms with E-state index < -0.39 is 56.6 Å². The lowest BCUT2D eigenvalue weighted by molar-refractivity contribution is -0.124. The van der Waals surface area contributed by atoms with E-state index in [0.717, 1.165) is 4.90 Å². The normalized spacial score (nSPS) is 14.1. The van der Waals surface area contributed by atoms with Gasteiger partial charge < -0.3 is 46.0 Å². The molecule has 1 aromatic carbocycles. The number of nitrogens with one attached hydrogen (secondary N) is 1. The van der Waals surface area contributed by atoms with Crippen LogP contribution < -0.4 is 5.32 Å². The summed E-state index contributed by atoms with van der Waals surface area (Å²) in [5.74, 6) is -1.47. The van der Waals surface area contributed by atoms with Gasteiger partial charge >= 0.3 is 0 Å². The standard InChI is InChI=1S/C18H25I3N2O9/c19-13-10(7-27)14(20)16(22-17(31)11(30)1-2-24)15(21)12(13)18(32)23(3-8(28)5-25)4-9(29)6-26/h8-9,11,24-30H,1-7H2,(H,22,31). The van der Waals surface area contributed by atoms with Crippen molar-refractivity contribution in [3.63, 3.8) is 0 Å². The first-order valence-electron chi connectivity index (χ1n) is 9.30. The first kappa shape index (κ1) is 30.1. The molecule has 0 heterocycles. The van der Waals surface area contributed by atoms with Gasteiger partial charge in [-0.05, 0) is 67.8 Å². The Kier molecular flexibility index (Phi) is 13.6. The minimum Gasteiger partial charge on any atom is -0.396 e. The fourth-order valence-electron chi connectivity index (χ4n) is 2.63. The number of benzene rings is 1. The second-order valence-electron chi connectivity index (χ2n) is 6.73. The lowest BCUT2D eigenvalue weighted by atomic mass is 10.1. The van der Waals surface area contributed by atoms with Crippen LogP contribution in [-0.4, -0.2) is 104 Å². The molecule has 32 heavy (non-hydrogen) atoms. The first-order chi connectivity index (χ1) is 15.0. The molecule has 2 amide bonds. The maximum atomic E-state index is 13.4. The number of hydrogen-bond acceptors (Lipinski definition) is 9. The van der Waals surface area contributed by atoms with Crippen molar-refractivity contribution in [2.75, 3.05) is 38.2 Å². The predicted molar refractivity (Wildman–Crippen MR) is 139 cm³/mol. The van der Waals surface area contributed by atoms with Gasteiger partial charge in [0, 0.05) is 38.8 Å². The highest BCUT2D eigenvalue weighted by Crippen LogP contribution is 2.36. The summed E-state index contributed by atoms with van der Waals surface area (Å²) in [6.07, 6.45) is -4.27. The summed E-state index contributed by atoms with van der Waals surface area (Å²) in [6, 6.07) is 0. The molecule has 0 saturated carbocycles. The number of rotatable bonds is 12. The van der Waals surface area contributed by atoms with Crippen LogP contribution in [0.5, 0.6) is 0 Å². The molecule has 0 saturated heterocycles. The van der Waals surface area contributed by atoms with Gasteiger partial charge in [0.15, 0.2) is 0 Å². The molecule has 1 aromatic rings. The Hall–Kier alpha value is 0.0700. The summed E-state index contributed by atoms with van der Waals surface area (Å²) >= 11 is 5.59. The van der Waals surface area contributed by atoms with Gasteiger partial charge in [0.25, 0.3) is 11.8 Å². The lowest BCUT2D eigenvalue weighted by Gasteiger charge is -2.28.